The summed E-state index contributed by atoms with van der Waals surface area (Å²) in [7, 11) is 1.55. The number of nitrogens with one attached hydrogen (secondary N) is 2. The molecular weight excluding hydrogens is 488 g/mol. The Morgan fingerprint density at radius 3 is 2.66 bits per heavy atom. The van der Waals surface area contributed by atoms with E-state index in [-0.39, 0.29) is 36.8 Å². The van der Waals surface area contributed by atoms with Gasteiger partial charge in [0.1, 0.15) is 5.75 Å². The standard InChI is InChI=1S/C23H22N6O4S2/c1-33-18-9-5-4-8-17(18)25-20(31)11-13-34-23-28-27-22(35-23)26-19(30)10-12-29-14-24-16-7-3-2-6-15(16)21(29)32/h2-9,14H,10-13H2,1H3,(H,25,31)(H,26,27,30). The van der Waals surface area contributed by atoms with Gasteiger partial charge in [-0.25, -0.2) is 4.98 Å². The third-order valence-electron chi connectivity index (χ3n) is 4.90. The summed E-state index contributed by atoms with van der Waals surface area (Å²) in [6, 6.07) is 14.3. The zero-order valence-electron chi connectivity index (χ0n) is 18.8. The van der Waals surface area contributed by atoms with E-state index in [0.29, 0.717) is 37.6 Å². The first-order chi connectivity index (χ1) is 17.0. The van der Waals surface area contributed by atoms with Gasteiger partial charge in [0, 0.05) is 25.1 Å². The van der Waals surface area contributed by atoms with Crippen LogP contribution in [-0.2, 0) is 16.1 Å². The van der Waals surface area contributed by atoms with Crippen molar-refractivity contribution >= 4 is 56.6 Å². The summed E-state index contributed by atoms with van der Waals surface area (Å²) in [5.74, 6) is 0.675. The Hall–Kier alpha value is -3.77. The summed E-state index contributed by atoms with van der Waals surface area (Å²) in [4.78, 5) is 41.3. The van der Waals surface area contributed by atoms with Crippen LogP contribution < -0.4 is 20.9 Å². The van der Waals surface area contributed by atoms with Crippen molar-refractivity contribution in [2.45, 2.75) is 23.7 Å². The highest BCUT2D eigenvalue weighted by Crippen LogP contribution is 2.27. The molecule has 10 nitrogen and oxygen atoms in total. The number of anilines is 2. The highest BCUT2D eigenvalue weighted by Gasteiger charge is 2.12. The van der Waals surface area contributed by atoms with Crippen LogP contribution in [0, 0.1) is 0 Å². The van der Waals surface area contributed by atoms with E-state index in [1.54, 1.807) is 37.4 Å². The van der Waals surface area contributed by atoms with E-state index < -0.39 is 0 Å². The molecule has 0 bridgehead atoms. The van der Waals surface area contributed by atoms with Crippen molar-refractivity contribution in [3.63, 3.8) is 0 Å². The Labute approximate surface area is 208 Å². The third kappa shape index (κ3) is 6.43. The molecule has 0 aliphatic rings. The number of aromatic nitrogens is 4. The number of benzene rings is 2. The van der Waals surface area contributed by atoms with Crippen molar-refractivity contribution in [2.24, 2.45) is 0 Å². The van der Waals surface area contributed by atoms with Gasteiger partial charge in [0.15, 0.2) is 4.34 Å². The van der Waals surface area contributed by atoms with E-state index in [1.807, 2.05) is 18.2 Å². The van der Waals surface area contributed by atoms with E-state index in [9.17, 15) is 14.4 Å². The van der Waals surface area contributed by atoms with Gasteiger partial charge in [-0.2, -0.15) is 0 Å². The van der Waals surface area contributed by atoms with Gasteiger partial charge in [0.25, 0.3) is 5.56 Å². The van der Waals surface area contributed by atoms with Crippen LogP contribution in [-0.4, -0.2) is 44.4 Å². The van der Waals surface area contributed by atoms with Gasteiger partial charge < -0.3 is 15.4 Å². The fraction of sp³-hybridized carbons (Fsp3) is 0.217. The van der Waals surface area contributed by atoms with Crippen LogP contribution in [0.4, 0.5) is 10.8 Å². The zero-order chi connectivity index (χ0) is 24.6. The van der Waals surface area contributed by atoms with Gasteiger partial charge >= 0.3 is 0 Å². The minimum Gasteiger partial charge on any atom is -0.495 e. The number of amides is 2. The Bertz CT molecular complexity index is 1400. The zero-order valence-corrected chi connectivity index (χ0v) is 20.4. The number of methoxy groups -OCH3 is 1. The second-order valence-corrected chi connectivity index (χ2v) is 9.60. The first-order valence-electron chi connectivity index (χ1n) is 10.7. The second-order valence-electron chi connectivity index (χ2n) is 7.28. The van der Waals surface area contributed by atoms with Crippen LogP contribution in [0.15, 0.2) is 64.0 Å². The van der Waals surface area contributed by atoms with Crippen molar-refractivity contribution in [3.05, 3.63) is 65.2 Å². The van der Waals surface area contributed by atoms with Crippen molar-refractivity contribution < 1.29 is 14.3 Å². The highest BCUT2D eigenvalue weighted by atomic mass is 32.2. The molecule has 2 N–H and O–H groups in total. The normalized spacial score (nSPS) is 10.8. The minimum atomic E-state index is -0.283. The van der Waals surface area contributed by atoms with Crippen molar-refractivity contribution in [3.8, 4) is 5.75 Å². The maximum Gasteiger partial charge on any atom is 0.261 e. The molecule has 0 atom stereocenters. The summed E-state index contributed by atoms with van der Waals surface area (Å²) < 4.78 is 7.28. The molecule has 0 spiro atoms. The first-order valence-corrected chi connectivity index (χ1v) is 12.5. The van der Waals surface area contributed by atoms with Crippen LogP contribution >= 0.6 is 23.1 Å². The van der Waals surface area contributed by atoms with Crippen molar-refractivity contribution in [1.82, 2.24) is 19.7 Å². The Morgan fingerprint density at radius 1 is 1.03 bits per heavy atom. The Balaban J connectivity index is 1.22. The molecule has 0 radical (unpaired) electrons. The maximum atomic E-state index is 12.5. The van der Waals surface area contributed by atoms with E-state index in [1.165, 1.54) is 34.0 Å². The smallest absolute Gasteiger partial charge is 0.261 e. The minimum absolute atomic E-state index is 0.0884. The fourth-order valence-electron chi connectivity index (χ4n) is 3.18. The van der Waals surface area contributed by atoms with Crippen LogP contribution in [0.1, 0.15) is 12.8 Å². The molecule has 0 saturated heterocycles. The number of ether oxygens (including phenoxy) is 1. The van der Waals surface area contributed by atoms with Crippen LogP contribution in [0.25, 0.3) is 10.9 Å². The molecule has 4 rings (SSSR count). The molecule has 4 aromatic rings. The number of rotatable bonds is 10. The van der Waals surface area contributed by atoms with Gasteiger partial charge in [0.2, 0.25) is 16.9 Å². The molecule has 0 unspecified atom stereocenters. The van der Waals surface area contributed by atoms with E-state index >= 15 is 0 Å². The fourth-order valence-corrected chi connectivity index (χ4v) is 4.96. The number of carbonyl (C=O) groups is 2. The van der Waals surface area contributed by atoms with E-state index in [0.717, 1.165) is 0 Å². The predicted octanol–water partition coefficient (Wildman–Crippen LogP) is 3.41. The van der Waals surface area contributed by atoms with Gasteiger partial charge in [-0.1, -0.05) is 47.4 Å². The molecule has 12 heteroatoms. The van der Waals surface area contributed by atoms with E-state index in [2.05, 4.69) is 25.8 Å². The lowest BCUT2D eigenvalue weighted by atomic mass is 10.2. The van der Waals surface area contributed by atoms with Crippen molar-refractivity contribution in [1.29, 1.82) is 0 Å². The van der Waals surface area contributed by atoms with Gasteiger partial charge in [-0.15, -0.1) is 10.2 Å². The van der Waals surface area contributed by atoms with Gasteiger partial charge in [-0.05, 0) is 24.3 Å². The molecule has 2 aromatic carbocycles. The third-order valence-corrected chi connectivity index (χ3v) is 6.87. The lowest BCUT2D eigenvalue weighted by Gasteiger charge is -2.09. The predicted molar refractivity (Wildman–Crippen MR) is 136 cm³/mol. The lowest BCUT2D eigenvalue weighted by Crippen LogP contribution is -2.23. The Kier molecular flexibility index (Phi) is 8.06. The molecule has 35 heavy (non-hydrogen) atoms. The molecule has 180 valence electrons. The molecule has 2 aromatic heterocycles. The number of thioether (sulfide) groups is 1. The summed E-state index contributed by atoms with van der Waals surface area (Å²) in [5, 5.41) is 14.4. The van der Waals surface area contributed by atoms with E-state index in [4.69, 9.17) is 4.74 Å². The largest absolute Gasteiger partial charge is 0.495 e. The second kappa shape index (κ2) is 11.6. The van der Waals surface area contributed by atoms with Gasteiger partial charge in [0.05, 0.1) is 30.0 Å². The molecule has 0 saturated carbocycles. The summed E-state index contributed by atoms with van der Waals surface area (Å²) >= 11 is 2.60. The van der Waals surface area contributed by atoms with Gasteiger partial charge in [-0.3, -0.25) is 19.0 Å². The van der Waals surface area contributed by atoms with Crippen molar-refractivity contribution in [2.75, 3.05) is 23.5 Å². The molecule has 0 aliphatic heterocycles. The lowest BCUT2D eigenvalue weighted by molar-refractivity contribution is -0.117. The first kappa shape index (κ1) is 24.4. The van der Waals surface area contributed by atoms with Crippen LogP contribution in [0.5, 0.6) is 5.75 Å². The topological polar surface area (TPSA) is 128 Å². The Morgan fingerprint density at radius 2 is 1.80 bits per heavy atom. The number of hydrogen-bond donors (Lipinski definition) is 2. The summed E-state index contributed by atoms with van der Waals surface area (Å²) in [6.07, 6.45) is 1.81. The molecule has 0 aliphatic carbocycles. The number of aryl methyl sites for hydroxylation is 1. The SMILES string of the molecule is COc1ccccc1NC(=O)CCSc1nnc(NC(=O)CCn2cnc3ccccc3c2=O)s1. The number of fused-ring (bicyclic) bond motifs is 1. The number of para-hydroxylation sites is 3. The molecule has 2 amide bonds. The number of nitrogens with zero attached hydrogens (tertiary/aromatic N) is 4. The monoisotopic (exact) mass is 510 g/mol. The summed E-state index contributed by atoms with van der Waals surface area (Å²) in [5.41, 5.74) is 1.05. The van der Waals surface area contributed by atoms with Crippen LogP contribution in [0.3, 0.4) is 0 Å². The number of hydrogen-bond acceptors (Lipinski definition) is 9. The highest BCUT2D eigenvalue weighted by molar-refractivity contribution is 8.01. The molecule has 0 fully saturated rings. The maximum absolute atomic E-state index is 12.5. The molecule has 2 heterocycles. The average Bonchev–Trinajstić information content (AvgIpc) is 3.31. The quantitative estimate of drug-likeness (QED) is 0.245. The van der Waals surface area contributed by atoms with Crippen LogP contribution in [0.2, 0.25) is 0 Å². The molecular formula is C23H22N6O4S2. The number of carbonyl (C=O) groups excluding carboxylic acids is 2. The summed E-state index contributed by atoms with van der Waals surface area (Å²) in [6.45, 7) is 0.199. The average molecular weight is 511 g/mol.